The molecule has 1 saturated heterocycles. The van der Waals surface area contributed by atoms with Crippen LogP contribution in [-0.2, 0) is 4.74 Å². The molecular weight excluding hydrogens is 220 g/mol. The van der Waals surface area contributed by atoms with Crippen LogP contribution in [0, 0.1) is 0 Å². The van der Waals surface area contributed by atoms with Gasteiger partial charge in [0, 0.05) is 13.1 Å². The second-order valence-electron chi connectivity index (χ2n) is 3.83. The molecule has 0 aromatic heterocycles. The van der Waals surface area contributed by atoms with Crippen molar-refractivity contribution in [3.05, 3.63) is 23.8 Å². The zero-order valence-electron chi connectivity index (χ0n) is 9.81. The van der Waals surface area contributed by atoms with Gasteiger partial charge in [0.25, 0.3) is 5.91 Å². The maximum absolute atomic E-state index is 12.2. The van der Waals surface area contributed by atoms with Crippen LogP contribution in [0.15, 0.2) is 18.2 Å². The molecule has 0 radical (unpaired) electrons. The largest absolute Gasteiger partial charge is 0.495 e. The summed E-state index contributed by atoms with van der Waals surface area (Å²) in [6, 6.07) is 5.23. The van der Waals surface area contributed by atoms with Crippen LogP contribution in [0.1, 0.15) is 10.4 Å². The van der Waals surface area contributed by atoms with Gasteiger partial charge >= 0.3 is 0 Å². The monoisotopic (exact) mass is 236 g/mol. The molecule has 5 heteroatoms. The first-order valence-corrected chi connectivity index (χ1v) is 5.53. The van der Waals surface area contributed by atoms with Crippen LogP contribution in [0.4, 0.5) is 5.69 Å². The minimum Gasteiger partial charge on any atom is -0.495 e. The van der Waals surface area contributed by atoms with Crippen molar-refractivity contribution in [3.8, 4) is 5.75 Å². The molecule has 1 aromatic carbocycles. The molecule has 0 unspecified atom stereocenters. The number of nitrogen functional groups attached to an aromatic ring is 1. The number of nitrogens with zero attached hydrogens (tertiary/aromatic N) is 1. The lowest BCUT2D eigenvalue weighted by atomic mass is 10.1. The number of para-hydroxylation sites is 1. The molecule has 0 bridgehead atoms. The number of hydrogen-bond donors (Lipinski definition) is 1. The van der Waals surface area contributed by atoms with E-state index in [0.717, 1.165) is 0 Å². The van der Waals surface area contributed by atoms with Gasteiger partial charge in [0.05, 0.1) is 31.6 Å². The Morgan fingerprint density at radius 1 is 1.41 bits per heavy atom. The van der Waals surface area contributed by atoms with E-state index in [9.17, 15) is 4.79 Å². The lowest BCUT2D eigenvalue weighted by Crippen LogP contribution is -2.40. The number of amides is 1. The number of carbonyl (C=O) groups is 1. The van der Waals surface area contributed by atoms with Crippen LogP contribution >= 0.6 is 0 Å². The first kappa shape index (κ1) is 11.7. The number of benzene rings is 1. The quantitative estimate of drug-likeness (QED) is 0.769. The van der Waals surface area contributed by atoms with Gasteiger partial charge in [0.2, 0.25) is 0 Å². The van der Waals surface area contributed by atoms with Gasteiger partial charge < -0.3 is 20.1 Å². The molecule has 17 heavy (non-hydrogen) atoms. The summed E-state index contributed by atoms with van der Waals surface area (Å²) in [5.41, 5.74) is 6.78. The van der Waals surface area contributed by atoms with Crippen molar-refractivity contribution >= 4 is 11.6 Å². The molecule has 1 fully saturated rings. The van der Waals surface area contributed by atoms with E-state index in [4.69, 9.17) is 15.2 Å². The number of ether oxygens (including phenoxy) is 2. The lowest BCUT2D eigenvalue weighted by Gasteiger charge is -2.27. The molecule has 1 aliphatic rings. The summed E-state index contributed by atoms with van der Waals surface area (Å²) in [4.78, 5) is 14.0. The summed E-state index contributed by atoms with van der Waals surface area (Å²) in [7, 11) is 1.54. The molecule has 1 aromatic rings. The smallest absolute Gasteiger partial charge is 0.256 e. The Bertz CT molecular complexity index is 414. The zero-order chi connectivity index (χ0) is 12.3. The van der Waals surface area contributed by atoms with Crippen molar-refractivity contribution in [3.63, 3.8) is 0 Å². The van der Waals surface area contributed by atoms with E-state index in [0.29, 0.717) is 43.3 Å². The summed E-state index contributed by atoms with van der Waals surface area (Å²) in [5, 5.41) is 0. The van der Waals surface area contributed by atoms with Gasteiger partial charge in [-0.05, 0) is 12.1 Å². The molecule has 92 valence electrons. The normalized spacial score (nSPS) is 15.7. The number of rotatable bonds is 2. The van der Waals surface area contributed by atoms with Gasteiger partial charge in [-0.3, -0.25) is 4.79 Å². The Labute approximate surface area is 100 Å². The van der Waals surface area contributed by atoms with E-state index >= 15 is 0 Å². The topological polar surface area (TPSA) is 64.8 Å². The summed E-state index contributed by atoms with van der Waals surface area (Å²) in [6.45, 7) is 2.37. The van der Waals surface area contributed by atoms with E-state index in [1.54, 1.807) is 23.1 Å². The molecule has 0 aliphatic carbocycles. The number of anilines is 1. The third kappa shape index (κ3) is 2.34. The Kier molecular flexibility index (Phi) is 3.49. The van der Waals surface area contributed by atoms with Crippen molar-refractivity contribution in [1.82, 2.24) is 4.90 Å². The first-order valence-electron chi connectivity index (χ1n) is 5.53. The van der Waals surface area contributed by atoms with Crippen molar-refractivity contribution in [2.45, 2.75) is 0 Å². The molecule has 1 heterocycles. The van der Waals surface area contributed by atoms with Crippen LogP contribution in [-0.4, -0.2) is 44.2 Å². The van der Waals surface area contributed by atoms with E-state index in [2.05, 4.69) is 0 Å². The maximum atomic E-state index is 12.2. The predicted molar refractivity (Wildman–Crippen MR) is 64.1 cm³/mol. The van der Waals surface area contributed by atoms with Crippen molar-refractivity contribution < 1.29 is 14.3 Å². The fraction of sp³-hybridized carbons (Fsp3) is 0.417. The average Bonchev–Trinajstić information content (AvgIpc) is 2.39. The summed E-state index contributed by atoms with van der Waals surface area (Å²) in [6.07, 6.45) is 0. The molecule has 0 atom stereocenters. The van der Waals surface area contributed by atoms with Gasteiger partial charge in [0.15, 0.2) is 0 Å². The Hall–Kier alpha value is -1.75. The van der Waals surface area contributed by atoms with Gasteiger partial charge in [-0.25, -0.2) is 0 Å². The minimum atomic E-state index is -0.0651. The number of morpholine rings is 1. The van der Waals surface area contributed by atoms with E-state index in [1.807, 2.05) is 0 Å². The number of hydrogen-bond acceptors (Lipinski definition) is 4. The molecule has 0 saturated carbocycles. The number of methoxy groups -OCH3 is 1. The van der Waals surface area contributed by atoms with E-state index in [-0.39, 0.29) is 5.91 Å². The molecule has 1 amide bonds. The Morgan fingerprint density at radius 3 is 2.76 bits per heavy atom. The zero-order valence-corrected chi connectivity index (χ0v) is 9.81. The van der Waals surface area contributed by atoms with Crippen molar-refractivity contribution in [2.75, 3.05) is 39.1 Å². The van der Waals surface area contributed by atoms with Gasteiger partial charge in [-0.15, -0.1) is 0 Å². The van der Waals surface area contributed by atoms with Crippen LogP contribution in [0.5, 0.6) is 5.75 Å². The number of carbonyl (C=O) groups excluding carboxylic acids is 1. The van der Waals surface area contributed by atoms with E-state index in [1.165, 1.54) is 7.11 Å². The van der Waals surface area contributed by atoms with Crippen molar-refractivity contribution in [2.24, 2.45) is 0 Å². The molecule has 2 N–H and O–H groups in total. The third-order valence-corrected chi connectivity index (χ3v) is 2.81. The van der Waals surface area contributed by atoms with Gasteiger partial charge in [-0.2, -0.15) is 0 Å². The predicted octanol–water partition coefficient (Wildman–Crippen LogP) is 0.750. The molecule has 2 rings (SSSR count). The molecule has 0 spiro atoms. The van der Waals surface area contributed by atoms with Crippen LogP contribution in [0.2, 0.25) is 0 Å². The highest BCUT2D eigenvalue weighted by Gasteiger charge is 2.21. The number of nitrogens with two attached hydrogens (primary N) is 1. The lowest BCUT2D eigenvalue weighted by molar-refractivity contribution is 0.0303. The second kappa shape index (κ2) is 5.05. The minimum absolute atomic E-state index is 0.0651. The highest BCUT2D eigenvalue weighted by Crippen LogP contribution is 2.25. The SMILES string of the molecule is COc1cccc(C(=O)N2CCOCC2)c1N. The van der Waals surface area contributed by atoms with E-state index < -0.39 is 0 Å². The first-order chi connectivity index (χ1) is 8.24. The summed E-state index contributed by atoms with van der Waals surface area (Å²) >= 11 is 0. The fourth-order valence-corrected chi connectivity index (χ4v) is 1.85. The molecular formula is C12H16N2O3. The third-order valence-electron chi connectivity index (χ3n) is 2.81. The highest BCUT2D eigenvalue weighted by atomic mass is 16.5. The molecule has 1 aliphatic heterocycles. The van der Waals surface area contributed by atoms with Gasteiger partial charge in [0.1, 0.15) is 5.75 Å². The maximum Gasteiger partial charge on any atom is 0.256 e. The van der Waals surface area contributed by atoms with Crippen LogP contribution in [0.3, 0.4) is 0 Å². The fourth-order valence-electron chi connectivity index (χ4n) is 1.85. The standard InChI is InChI=1S/C12H16N2O3/c1-16-10-4-2-3-9(11(10)13)12(15)14-5-7-17-8-6-14/h2-4H,5-8,13H2,1H3. The Balaban J connectivity index is 2.23. The van der Waals surface area contributed by atoms with Gasteiger partial charge in [-0.1, -0.05) is 6.07 Å². The van der Waals surface area contributed by atoms with Crippen LogP contribution in [0.25, 0.3) is 0 Å². The van der Waals surface area contributed by atoms with Crippen LogP contribution < -0.4 is 10.5 Å². The second-order valence-corrected chi connectivity index (χ2v) is 3.83. The van der Waals surface area contributed by atoms with Crippen molar-refractivity contribution in [1.29, 1.82) is 0 Å². The summed E-state index contributed by atoms with van der Waals surface area (Å²) in [5.74, 6) is 0.466. The Morgan fingerprint density at radius 2 is 2.12 bits per heavy atom. The average molecular weight is 236 g/mol. The summed E-state index contributed by atoms with van der Waals surface area (Å²) < 4.78 is 10.3. The highest BCUT2D eigenvalue weighted by molar-refractivity contribution is 6.00. The molecule has 5 nitrogen and oxygen atoms in total.